The van der Waals surface area contributed by atoms with E-state index < -0.39 is 58.6 Å². The molecule has 9 nitrogen and oxygen atoms in total. The fraction of sp³-hybridized carbons (Fsp3) is 0.381. The fourth-order valence-corrected chi connectivity index (χ4v) is 4.48. The van der Waals surface area contributed by atoms with E-state index in [9.17, 15) is 33.4 Å². The first-order valence-corrected chi connectivity index (χ1v) is 9.96. The number of rotatable bonds is 5. The molecule has 3 N–H and O–H groups in total. The Bertz CT molecular complexity index is 1180. The van der Waals surface area contributed by atoms with Crippen LogP contribution in [0.5, 0.6) is 5.75 Å². The van der Waals surface area contributed by atoms with Gasteiger partial charge in [-0.3, -0.25) is 14.4 Å². The third kappa shape index (κ3) is 3.16. The third-order valence-electron chi connectivity index (χ3n) is 5.90. The molecule has 2 aliphatic heterocycles. The van der Waals surface area contributed by atoms with Crippen LogP contribution in [0.15, 0.2) is 23.0 Å². The zero-order chi connectivity index (χ0) is 23.3. The zero-order valence-electron chi connectivity index (χ0n) is 17.3. The van der Waals surface area contributed by atoms with E-state index >= 15 is 0 Å². The second-order valence-electron chi connectivity index (χ2n) is 7.61. The number of amides is 2. The maximum absolute atomic E-state index is 13.9. The zero-order valence-corrected chi connectivity index (χ0v) is 17.3. The number of carbonyl (C=O) groups excluding carboxylic acids is 2. The molecule has 0 fully saturated rings. The third-order valence-corrected chi connectivity index (χ3v) is 5.90. The van der Waals surface area contributed by atoms with E-state index in [0.29, 0.717) is 6.07 Å². The van der Waals surface area contributed by atoms with Crippen molar-refractivity contribution in [1.29, 1.82) is 0 Å². The van der Waals surface area contributed by atoms with E-state index in [1.54, 1.807) is 6.92 Å². The molecule has 0 radical (unpaired) electrons. The number of hydrogen-bond donors (Lipinski definition) is 3. The molecule has 0 saturated carbocycles. The van der Waals surface area contributed by atoms with Gasteiger partial charge in [-0.25, -0.2) is 8.78 Å². The second-order valence-corrected chi connectivity index (χ2v) is 7.61. The predicted molar refractivity (Wildman–Crippen MR) is 106 cm³/mol. The summed E-state index contributed by atoms with van der Waals surface area (Å²) < 4.78 is 33.7. The number of hydrogen-bond acceptors (Lipinski definition) is 6. The van der Waals surface area contributed by atoms with Gasteiger partial charge >= 0.3 is 0 Å². The highest BCUT2D eigenvalue weighted by Crippen LogP contribution is 2.44. The van der Waals surface area contributed by atoms with Crippen LogP contribution in [-0.4, -0.2) is 51.4 Å². The molecule has 2 aromatic rings. The van der Waals surface area contributed by atoms with Gasteiger partial charge < -0.3 is 29.7 Å². The Kier molecular flexibility index (Phi) is 5.47. The lowest BCUT2D eigenvalue weighted by Crippen LogP contribution is -2.52. The van der Waals surface area contributed by atoms with E-state index in [1.165, 1.54) is 16.6 Å². The fourth-order valence-electron chi connectivity index (χ4n) is 4.48. The van der Waals surface area contributed by atoms with Crippen molar-refractivity contribution < 1.29 is 33.3 Å². The van der Waals surface area contributed by atoms with Crippen LogP contribution in [0.25, 0.3) is 0 Å². The van der Waals surface area contributed by atoms with Gasteiger partial charge in [0, 0.05) is 38.2 Å². The highest BCUT2D eigenvalue weighted by atomic mass is 19.1. The van der Waals surface area contributed by atoms with Crippen molar-refractivity contribution >= 4 is 11.8 Å². The standard InChI is InChI=1S/C21H21F2N3O6/c1-3-25-20(31)16-18(29)17(28)14(15-13(27)7-12(26(15)16)21(25)32-2)19(30)24-8-9-4-5-10(22)6-11(9)23/h4-6,12-13,21,27,29H,3,7-8H2,1-2H3,(H,24,30). The van der Waals surface area contributed by atoms with Crippen LogP contribution < -0.4 is 10.7 Å². The average Bonchev–Trinajstić information content (AvgIpc) is 3.08. The van der Waals surface area contributed by atoms with Crippen molar-refractivity contribution in [1.82, 2.24) is 14.8 Å². The number of carbonyl (C=O) groups is 2. The number of pyridine rings is 1. The van der Waals surface area contributed by atoms with Gasteiger partial charge in [0.05, 0.1) is 17.8 Å². The van der Waals surface area contributed by atoms with Gasteiger partial charge in [0.15, 0.2) is 17.7 Å². The number of nitrogens with one attached hydrogen (secondary N) is 1. The number of aliphatic hydroxyl groups excluding tert-OH is 1. The number of aromatic nitrogens is 1. The monoisotopic (exact) mass is 449 g/mol. The number of ether oxygens (including phenoxy) is 1. The van der Waals surface area contributed by atoms with Crippen LogP contribution in [0.4, 0.5) is 8.78 Å². The minimum absolute atomic E-state index is 0.0231. The normalized spacial score (nSPS) is 21.6. The van der Waals surface area contributed by atoms with Crippen LogP contribution in [-0.2, 0) is 11.3 Å². The molecule has 11 heteroatoms. The molecule has 0 saturated heterocycles. The van der Waals surface area contributed by atoms with Crippen molar-refractivity contribution in [3.8, 4) is 5.75 Å². The Morgan fingerprint density at radius 1 is 1.31 bits per heavy atom. The van der Waals surface area contributed by atoms with Crippen molar-refractivity contribution in [2.24, 2.45) is 0 Å². The number of benzene rings is 1. The molecule has 0 spiro atoms. The van der Waals surface area contributed by atoms with Gasteiger partial charge in [0.25, 0.3) is 11.8 Å². The van der Waals surface area contributed by atoms with Crippen molar-refractivity contribution in [3.05, 3.63) is 62.6 Å². The Balaban J connectivity index is 1.79. The number of nitrogens with zero attached hydrogens (tertiary/aromatic N) is 2. The van der Waals surface area contributed by atoms with E-state index in [2.05, 4.69) is 5.32 Å². The molecule has 2 aliphatic rings. The van der Waals surface area contributed by atoms with Gasteiger partial charge in [0.2, 0.25) is 5.43 Å². The average molecular weight is 449 g/mol. The van der Waals surface area contributed by atoms with Crippen LogP contribution in [0, 0.1) is 11.6 Å². The molecular weight excluding hydrogens is 428 g/mol. The summed E-state index contributed by atoms with van der Waals surface area (Å²) in [5.41, 5.74) is -2.12. The number of aromatic hydroxyl groups is 1. The summed E-state index contributed by atoms with van der Waals surface area (Å²) in [6.07, 6.45) is -2.01. The van der Waals surface area contributed by atoms with Crippen LogP contribution in [0.3, 0.4) is 0 Å². The molecule has 4 rings (SSSR count). The van der Waals surface area contributed by atoms with Crippen molar-refractivity contribution in [2.75, 3.05) is 13.7 Å². The lowest BCUT2D eigenvalue weighted by molar-refractivity contribution is -0.0605. The van der Waals surface area contributed by atoms with E-state index in [0.717, 1.165) is 12.1 Å². The van der Waals surface area contributed by atoms with Crippen LogP contribution >= 0.6 is 0 Å². The smallest absolute Gasteiger partial charge is 0.276 e. The molecular formula is C21H21F2N3O6. The molecule has 3 unspecified atom stereocenters. The van der Waals surface area contributed by atoms with Crippen LogP contribution in [0.1, 0.15) is 57.6 Å². The summed E-state index contributed by atoms with van der Waals surface area (Å²) in [5, 5.41) is 23.6. The highest BCUT2D eigenvalue weighted by Gasteiger charge is 2.49. The van der Waals surface area contributed by atoms with E-state index in [-0.39, 0.29) is 36.5 Å². The molecule has 170 valence electrons. The first-order chi connectivity index (χ1) is 15.2. The number of likely N-dealkylation sites (N-methyl/N-ethyl adjacent to an activating group) is 1. The molecule has 0 aliphatic carbocycles. The topological polar surface area (TPSA) is 121 Å². The first-order valence-electron chi connectivity index (χ1n) is 9.96. The Morgan fingerprint density at radius 3 is 2.66 bits per heavy atom. The molecule has 3 heterocycles. The lowest BCUT2D eigenvalue weighted by atomic mass is 10.1. The molecule has 1 aromatic heterocycles. The second kappa shape index (κ2) is 7.99. The molecule has 1 aromatic carbocycles. The Hall–Kier alpha value is -3.31. The van der Waals surface area contributed by atoms with Crippen LogP contribution in [0.2, 0.25) is 0 Å². The van der Waals surface area contributed by atoms with Crippen molar-refractivity contribution in [2.45, 2.75) is 38.3 Å². The summed E-state index contributed by atoms with van der Waals surface area (Å²) in [6, 6.07) is 2.19. The first kappa shape index (κ1) is 21.9. The maximum Gasteiger partial charge on any atom is 0.276 e. The molecule has 0 bridgehead atoms. The molecule has 3 atom stereocenters. The number of halogens is 2. The predicted octanol–water partition coefficient (Wildman–Crippen LogP) is 1.19. The molecule has 2 amide bonds. The van der Waals surface area contributed by atoms with E-state index in [4.69, 9.17) is 4.74 Å². The largest absolute Gasteiger partial charge is 0.503 e. The Labute approximate surface area is 180 Å². The summed E-state index contributed by atoms with van der Waals surface area (Å²) in [7, 11) is 1.39. The minimum atomic E-state index is -1.28. The molecule has 32 heavy (non-hydrogen) atoms. The highest BCUT2D eigenvalue weighted by molar-refractivity contribution is 6.00. The minimum Gasteiger partial charge on any atom is -0.503 e. The van der Waals surface area contributed by atoms with Crippen molar-refractivity contribution in [3.63, 3.8) is 0 Å². The van der Waals surface area contributed by atoms with Gasteiger partial charge in [-0.15, -0.1) is 0 Å². The summed E-state index contributed by atoms with van der Waals surface area (Å²) >= 11 is 0. The summed E-state index contributed by atoms with van der Waals surface area (Å²) in [4.78, 5) is 40.0. The van der Waals surface area contributed by atoms with Gasteiger partial charge in [-0.05, 0) is 13.0 Å². The van der Waals surface area contributed by atoms with Gasteiger partial charge in [0.1, 0.15) is 17.2 Å². The quantitative estimate of drug-likeness (QED) is 0.631. The lowest BCUT2D eigenvalue weighted by Gasteiger charge is -2.40. The van der Waals surface area contributed by atoms with Gasteiger partial charge in [-0.1, -0.05) is 6.07 Å². The summed E-state index contributed by atoms with van der Waals surface area (Å²) in [6.45, 7) is 1.57. The number of methoxy groups -OCH3 is 1. The van der Waals surface area contributed by atoms with Gasteiger partial charge in [-0.2, -0.15) is 0 Å². The van der Waals surface area contributed by atoms with E-state index in [1.807, 2.05) is 0 Å². The Morgan fingerprint density at radius 2 is 2.03 bits per heavy atom. The SMILES string of the molecule is CCN1C(=O)c2c(O)c(=O)c(C(=O)NCc3ccc(F)cc3F)c3n2C(CC3O)C1OC. The maximum atomic E-state index is 13.9. The summed E-state index contributed by atoms with van der Waals surface area (Å²) in [5.74, 6) is -4.22. The number of aliphatic hydroxyl groups is 1.